The van der Waals surface area contributed by atoms with E-state index in [1.807, 2.05) is 6.07 Å². The van der Waals surface area contributed by atoms with E-state index in [1.54, 1.807) is 36.4 Å². The highest BCUT2D eigenvalue weighted by Crippen LogP contribution is 2.40. The molecule has 0 radical (unpaired) electrons. The predicted octanol–water partition coefficient (Wildman–Crippen LogP) is 4.32. The molecule has 4 aromatic rings. The maximum atomic E-state index is 12.8. The van der Waals surface area contributed by atoms with Gasteiger partial charge < -0.3 is 20.5 Å². The molecule has 138 valence electrons. The third kappa shape index (κ3) is 2.98. The number of hydrogen-bond donors (Lipinski definition) is 3. The van der Waals surface area contributed by atoms with Gasteiger partial charge in [-0.2, -0.15) is 5.26 Å². The number of rotatable bonds is 3. The number of nitrogen functional groups attached to an aromatic ring is 1. The Morgan fingerprint density at radius 3 is 2.68 bits per heavy atom. The number of amides is 1. The van der Waals surface area contributed by atoms with Crippen molar-refractivity contribution in [3.8, 4) is 17.4 Å². The molecule has 0 unspecified atom stereocenters. The zero-order valence-electron chi connectivity index (χ0n) is 14.1. The van der Waals surface area contributed by atoms with Crippen molar-refractivity contribution in [3.05, 3.63) is 67.9 Å². The first-order valence-corrected chi connectivity index (χ1v) is 9.59. The van der Waals surface area contributed by atoms with Crippen LogP contribution in [0.3, 0.4) is 0 Å². The molecule has 0 spiro atoms. The Labute approximate surface area is 170 Å². The average Bonchev–Trinajstić information content (AvgIpc) is 3.31. The van der Waals surface area contributed by atoms with Gasteiger partial charge in [-0.25, -0.2) is 0 Å². The number of halogens is 1. The molecule has 0 aliphatic carbocycles. The van der Waals surface area contributed by atoms with Crippen molar-refractivity contribution in [2.45, 2.75) is 0 Å². The molecule has 4 N–H and O–H groups in total. The quantitative estimate of drug-likeness (QED) is 0.424. The Morgan fingerprint density at radius 2 is 2.04 bits per heavy atom. The lowest BCUT2D eigenvalue weighted by Gasteiger charge is -2.05. The molecule has 7 nitrogen and oxygen atoms in total. The molecule has 4 rings (SSSR count). The summed E-state index contributed by atoms with van der Waals surface area (Å²) in [6.45, 7) is 0. The van der Waals surface area contributed by atoms with Gasteiger partial charge in [-0.05, 0) is 36.4 Å². The number of H-pyrrole nitrogens is 1. The van der Waals surface area contributed by atoms with Crippen LogP contribution in [-0.2, 0) is 0 Å². The highest BCUT2D eigenvalue weighted by Gasteiger charge is 2.24. The Hall–Kier alpha value is -3.35. The summed E-state index contributed by atoms with van der Waals surface area (Å²) in [6, 6.07) is 12.3. The van der Waals surface area contributed by atoms with E-state index in [4.69, 9.17) is 10.2 Å². The summed E-state index contributed by atoms with van der Waals surface area (Å²) in [7, 11) is 0. The van der Waals surface area contributed by atoms with Crippen molar-refractivity contribution in [1.82, 2.24) is 4.98 Å². The Morgan fingerprint density at radius 1 is 1.29 bits per heavy atom. The predicted molar refractivity (Wildman–Crippen MR) is 111 cm³/mol. The molecule has 1 aromatic carbocycles. The number of nitriles is 1. The highest BCUT2D eigenvalue weighted by molar-refractivity contribution is 9.10. The molecule has 3 heterocycles. The van der Waals surface area contributed by atoms with E-state index in [9.17, 15) is 14.9 Å². The number of benzene rings is 1. The molecule has 0 fully saturated rings. The van der Waals surface area contributed by atoms with Gasteiger partial charge in [-0.1, -0.05) is 15.9 Å². The molecule has 0 atom stereocenters. The van der Waals surface area contributed by atoms with Gasteiger partial charge in [-0.15, -0.1) is 11.3 Å². The highest BCUT2D eigenvalue weighted by atomic mass is 79.9. The first-order valence-electron chi connectivity index (χ1n) is 7.98. The summed E-state index contributed by atoms with van der Waals surface area (Å²) in [5, 5.41) is 12.6. The fourth-order valence-electron chi connectivity index (χ4n) is 2.85. The number of anilines is 2. The first kappa shape index (κ1) is 18.0. The number of carbonyl (C=O) groups is 1. The van der Waals surface area contributed by atoms with Crippen molar-refractivity contribution in [1.29, 1.82) is 5.26 Å². The zero-order chi connectivity index (χ0) is 19.8. The molecule has 0 saturated carbocycles. The van der Waals surface area contributed by atoms with Crippen molar-refractivity contribution in [2.75, 3.05) is 11.1 Å². The van der Waals surface area contributed by atoms with Crippen LogP contribution >= 0.6 is 27.3 Å². The van der Waals surface area contributed by atoms with E-state index in [2.05, 4.69) is 26.2 Å². The van der Waals surface area contributed by atoms with E-state index in [-0.39, 0.29) is 21.7 Å². The number of pyridine rings is 1. The number of nitrogens with one attached hydrogen (secondary N) is 2. The zero-order valence-corrected chi connectivity index (χ0v) is 16.5. The van der Waals surface area contributed by atoms with E-state index in [0.717, 1.165) is 15.8 Å². The lowest BCUT2D eigenvalue weighted by Crippen LogP contribution is -2.12. The molecule has 28 heavy (non-hydrogen) atoms. The van der Waals surface area contributed by atoms with Gasteiger partial charge in [-0.3, -0.25) is 9.59 Å². The maximum Gasteiger partial charge on any atom is 0.267 e. The Bertz CT molecular complexity index is 1300. The van der Waals surface area contributed by atoms with Gasteiger partial charge in [0.05, 0.1) is 17.5 Å². The van der Waals surface area contributed by atoms with Crippen LogP contribution in [0.25, 0.3) is 21.5 Å². The van der Waals surface area contributed by atoms with Gasteiger partial charge >= 0.3 is 0 Å². The number of fused-ring (bicyclic) bond motifs is 1. The van der Waals surface area contributed by atoms with Crippen LogP contribution in [0.1, 0.15) is 15.2 Å². The fraction of sp³-hybridized carbons (Fsp3) is 0. The number of nitrogens with two attached hydrogens (primary N) is 1. The molecular weight excluding hydrogens is 444 g/mol. The summed E-state index contributed by atoms with van der Waals surface area (Å²) in [4.78, 5) is 28.4. The van der Waals surface area contributed by atoms with Crippen LogP contribution in [0.5, 0.6) is 0 Å². The third-order valence-corrected chi connectivity index (χ3v) is 5.74. The van der Waals surface area contributed by atoms with Gasteiger partial charge in [0, 0.05) is 15.5 Å². The monoisotopic (exact) mass is 454 g/mol. The molecule has 0 aliphatic rings. The number of aromatic nitrogens is 1. The first-order chi connectivity index (χ1) is 13.5. The van der Waals surface area contributed by atoms with Gasteiger partial charge in [0.2, 0.25) is 0 Å². The smallest absolute Gasteiger partial charge is 0.267 e. The number of furan rings is 1. The molecular formula is C19H11BrN4O3S. The molecule has 0 bridgehead atoms. The van der Waals surface area contributed by atoms with Crippen molar-refractivity contribution in [2.24, 2.45) is 0 Å². The normalized spacial score (nSPS) is 10.7. The van der Waals surface area contributed by atoms with Crippen LogP contribution in [-0.4, -0.2) is 10.9 Å². The number of thiophene rings is 1. The van der Waals surface area contributed by atoms with Crippen molar-refractivity contribution >= 4 is 54.8 Å². The number of carbonyl (C=O) groups excluding carboxylic acids is 1. The average molecular weight is 455 g/mol. The summed E-state index contributed by atoms with van der Waals surface area (Å²) >= 11 is 4.39. The SMILES string of the molecule is N#Cc1c(-c2ccco2)c2c(N)c(C(=O)Nc3ccc(Br)cc3)sc2[nH]c1=O. The summed E-state index contributed by atoms with van der Waals surface area (Å²) in [5.41, 5.74) is 6.64. The lowest BCUT2D eigenvalue weighted by atomic mass is 10.0. The topological polar surface area (TPSA) is 125 Å². The van der Waals surface area contributed by atoms with E-state index in [0.29, 0.717) is 21.7 Å². The molecule has 1 amide bonds. The number of aromatic amines is 1. The van der Waals surface area contributed by atoms with Crippen LogP contribution < -0.4 is 16.6 Å². The van der Waals surface area contributed by atoms with Crippen LogP contribution in [0.4, 0.5) is 11.4 Å². The lowest BCUT2D eigenvalue weighted by molar-refractivity contribution is 0.103. The molecule has 9 heteroatoms. The maximum absolute atomic E-state index is 12.8. The van der Waals surface area contributed by atoms with Crippen LogP contribution in [0.2, 0.25) is 0 Å². The fourth-order valence-corrected chi connectivity index (χ4v) is 4.13. The standard InChI is InChI=1S/C19H11BrN4O3S/c20-9-3-5-10(6-4-9)23-18(26)16-15(22)14-13(12-2-1-7-27-12)11(8-21)17(25)24-19(14)28-16/h1-7H,22H2,(H,23,26)(H,24,25). The van der Waals surface area contributed by atoms with Crippen LogP contribution in [0, 0.1) is 11.3 Å². The summed E-state index contributed by atoms with van der Waals surface area (Å²) in [6.07, 6.45) is 1.44. The van der Waals surface area contributed by atoms with E-state index >= 15 is 0 Å². The van der Waals surface area contributed by atoms with Gasteiger partial charge in [0.25, 0.3) is 11.5 Å². The van der Waals surface area contributed by atoms with Gasteiger partial charge in [0.1, 0.15) is 27.1 Å². The second-order valence-electron chi connectivity index (χ2n) is 5.80. The van der Waals surface area contributed by atoms with Crippen LogP contribution in [0.15, 0.2) is 56.3 Å². The minimum absolute atomic E-state index is 0.119. The second-order valence-corrected chi connectivity index (χ2v) is 7.74. The van der Waals surface area contributed by atoms with E-state index in [1.165, 1.54) is 6.26 Å². The molecule has 0 aliphatic heterocycles. The van der Waals surface area contributed by atoms with Crippen molar-refractivity contribution < 1.29 is 9.21 Å². The Balaban J connectivity index is 1.88. The number of hydrogen-bond acceptors (Lipinski definition) is 6. The van der Waals surface area contributed by atoms with Crippen molar-refractivity contribution in [3.63, 3.8) is 0 Å². The second kappa shape index (κ2) is 6.99. The minimum atomic E-state index is -0.567. The number of nitrogens with zero attached hydrogens (tertiary/aromatic N) is 1. The van der Waals surface area contributed by atoms with E-state index < -0.39 is 11.5 Å². The Kier molecular flexibility index (Phi) is 4.50. The summed E-state index contributed by atoms with van der Waals surface area (Å²) in [5.74, 6) is -0.0807. The van der Waals surface area contributed by atoms with Gasteiger partial charge in [0.15, 0.2) is 0 Å². The third-order valence-electron chi connectivity index (χ3n) is 4.09. The minimum Gasteiger partial charge on any atom is -0.464 e. The molecule has 0 saturated heterocycles. The molecule has 3 aromatic heterocycles. The summed E-state index contributed by atoms with van der Waals surface area (Å²) < 4.78 is 6.28. The largest absolute Gasteiger partial charge is 0.464 e.